The molecule has 0 fully saturated rings. The number of aliphatic hydroxyl groups is 1. The maximum Gasteiger partial charge on any atom is 0.325 e. The minimum atomic E-state index is -0.663. The first kappa shape index (κ1) is 29.5. The number of hydrogen-bond acceptors (Lipinski definition) is 6. The third-order valence-electron chi connectivity index (χ3n) is 6.68. The van der Waals surface area contributed by atoms with E-state index in [-0.39, 0.29) is 25.1 Å². The van der Waals surface area contributed by atoms with Crippen molar-refractivity contribution in [3.8, 4) is 5.75 Å². The molecule has 0 radical (unpaired) electrons. The first-order chi connectivity index (χ1) is 20.0. The van der Waals surface area contributed by atoms with Crippen LogP contribution < -0.4 is 15.4 Å². The number of amides is 1. The Morgan fingerprint density at radius 3 is 2.00 bits per heavy atom. The number of rotatable bonds is 14. The molecule has 41 heavy (non-hydrogen) atoms. The molecule has 4 aromatic rings. The van der Waals surface area contributed by atoms with E-state index in [4.69, 9.17) is 9.47 Å². The highest BCUT2D eigenvalue weighted by Crippen LogP contribution is 2.21. The van der Waals surface area contributed by atoms with Crippen LogP contribution >= 0.6 is 0 Å². The molecule has 0 unspecified atom stereocenters. The van der Waals surface area contributed by atoms with Crippen LogP contribution in [0, 0.1) is 0 Å². The Labute approximate surface area is 241 Å². The Bertz CT molecular complexity index is 1360. The maximum absolute atomic E-state index is 12.4. The van der Waals surface area contributed by atoms with Crippen LogP contribution in [0.5, 0.6) is 5.75 Å². The summed E-state index contributed by atoms with van der Waals surface area (Å²) in [4.78, 5) is 24.3. The molecule has 0 aliphatic carbocycles. The van der Waals surface area contributed by atoms with E-state index in [1.807, 2.05) is 104 Å². The van der Waals surface area contributed by atoms with Gasteiger partial charge >= 0.3 is 5.97 Å². The van der Waals surface area contributed by atoms with Gasteiger partial charge in [-0.3, -0.25) is 9.59 Å². The quantitative estimate of drug-likeness (QED) is 0.191. The maximum atomic E-state index is 12.4. The SMILES string of the molecule is C[C@H](NCCc1ccc(C(=O)NCC(=O)OCc2ccccc2)cc1)[C@H](O)c1ccc(OCc2ccccc2)cc1. The van der Waals surface area contributed by atoms with E-state index in [0.717, 1.165) is 34.4 Å². The molecule has 7 nitrogen and oxygen atoms in total. The summed E-state index contributed by atoms with van der Waals surface area (Å²) in [6.07, 6.45) is 0.0699. The number of ether oxygens (including phenoxy) is 2. The van der Waals surface area contributed by atoms with Gasteiger partial charge in [0.05, 0.1) is 6.10 Å². The van der Waals surface area contributed by atoms with Crippen LogP contribution in [-0.4, -0.2) is 36.1 Å². The second-order valence-corrected chi connectivity index (χ2v) is 9.81. The minimum absolute atomic E-state index is 0.155. The number of nitrogens with one attached hydrogen (secondary N) is 2. The van der Waals surface area contributed by atoms with Crippen molar-refractivity contribution >= 4 is 11.9 Å². The van der Waals surface area contributed by atoms with E-state index in [2.05, 4.69) is 10.6 Å². The van der Waals surface area contributed by atoms with Crippen molar-refractivity contribution < 1.29 is 24.2 Å². The van der Waals surface area contributed by atoms with Gasteiger partial charge < -0.3 is 25.2 Å². The van der Waals surface area contributed by atoms with Crippen LogP contribution in [0.2, 0.25) is 0 Å². The van der Waals surface area contributed by atoms with Crippen molar-refractivity contribution in [1.29, 1.82) is 0 Å². The summed E-state index contributed by atoms with van der Waals surface area (Å²) >= 11 is 0. The summed E-state index contributed by atoms with van der Waals surface area (Å²) < 4.78 is 11.0. The van der Waals surface area contributed by atoms with Gasteiger partial charge in [-0.2, -0.15) is 0 Å². The average molecular weight is 553 g/mol. The lowest BCUT2D eigenvalue weighted by Gasteiger charge is -2.21. The van der Waals surface area contributed by atoms with E-state index >= 15 is 0 Å². The second-order valence-electron chi connectivity index (χ2n) is 9.81. The Morgan fingerprint density at radius 2 is 1.37 bits per heavy atom. The molecule has 0 aromatic heterocycles. The lowest BCUT2D eigenvalue weighted by atomic mass is 10.0. The monoisotopic (exact) mass is 552 g/mol. The van der Waals surface area contributed by atoms with E-state index in [1.54, 1.807) is 12.1 Å². The van der Waals surface area contributed by atoms with Crippen molar-refractivity contribution in [2.24, 2.45) is 0 Å². The highest BCUT2D eigenvalue weighted by atomic mass is 16.5. The first-order valence-corrected chi connectivity index (χ1v) is 13.7. The van der Waals surface area contributed by atoms with Gasteiger partial charge in [0.25, 0.3) is 5.91 Å². The zero-order valence-electron chi connectivity index (χ0n) is 23.2. The number of benzene rings is 4. The zero-order valence-corrected chi connectivity index (χ0v) is 23.2. The van der Waals surface area contributed by atoms with Gasteiger partial charge in [0.1, 0.15) is 25.5 Å². The predicted molar refractivity (Wildman–Crippen MR) is 158 cm³/mol. The lowest BCUT2D eigenvalue weighted by Crippen LogP contribution is -2.33. The minimum Gasteiger partial charge on any atom is -0.489 e. The lowest BCUT2D eigenvalue weighted by molar-refractivity contribution is -0.143. The summed E-state index contributed by atoms with van der Waals surface area (Å²) in [5.41, 5.74) is 4.33. The molecule has 2 atom stereocenters. The van der Waals surface area contributed by atoms with Gasteiger partial charge in [-0.05, 0) is 66.4 Å². The van der Waals surface area contributed by atoms with E-state index in [0.29, 0.717) is 18.7 Å². The summed E-state index contributed by atoms with van der Waals surface area (Å²) in [5, 5.41) is 16.8. The van der Waals surface area contributed by atoms with E-state index in [1.165, 1.54) is 0 Å². The molecule has 4 aromatic carbocycles. The Balaban J connectivity index is 1.14. The molecule has 0 spiro atoms. The Kier molecular flexibility index (Phi) is 11.1. The fourth-order valence-electron chi connectivity index (χ4n) is 4.21. The molecule has 1 amide bonds. The van der Waals surface area contributed by atoms with Crippen LogP contribution in [0.4, 0.5) is 0 Å². The molecular formula is C34H36N2O5. The smallest absolute Gasteiger partial charge is 0.325 e. The first-order valence-electron chi connectivity index (χ1n) is 13.7. The van der Waals surface area contributed by atoms with Crippen molar-refractivity contribution in [1.82, 2.24) is 10.6 Å². The summed E-state index contributed by atoms with van der Waals surface area (Å²) in [5.74, 6) is -0.0707. The largest absolute Gasteiger partial charge is 0.489 e. The van der Waals surface area contributed by atoms with Gasteiger partial charge in [-0.15, -0.1) is 0 Å². The number of aliphatic hydroxyl groups excluding tert-OH is 1. The highest BCUT2D eigenvalue weighted by Gasteiger charge is 2.16. The normalized spacial score (nSPS) is 12.2. The molecule has 0 saturated carbocycles. The number of carbonyl (C=O) groups is 2. The molecule has 0 aliphatic heterocycles. The molecule has 0 aliphatic rings. The Morgan fingerprint density at radius 1 is 0.756 bits per heavy atom. The van der Waals surface area contributed by atoms with Crippen molar-refractivity contribution in [3.63, 3.8) is 0 Å². The van der Waals surface area contributed by atoms with Crippen LogP contribution in [0.25, 0.3) is 0 Å². The number of hydrogen-bond donors (Lipinski definition) is 3. The Hall–Kier alpha value is -4.46. The molecule has 0 heterocycles. The average Bonchev–Trinajstić information content (AvgIpc) is 3.02. The van der Waals surface area contributed by atoms with Crippen LogP contribution in [0.1, 0.15) is 45.6 Å². The summed E-state index contributed by atoms with van der Waals surface area (Å²) in [6, 6.07) is 34.0. The van der Waals surface area contributed by atoms with E-state index < -0.39 is 12.1 Å². The highest BCUT2D eigenvalue weighted by molar-refractivity contribution is 5.95. The van der Waals surface area contributed by atoms with Gasteiger partial charge in [-0.1, -0.05) is 84.9 Å². The third kappa shape index (κ3) is 9.60. The van der Waals surface area contributed by atoms with Crippen molar-refractivity contribution in [2.75, 3.05) is 13.1 Å². The van der Waals surface area contributed by atoms with Gasteiger partial charge in [0.15, 0.2) is 0 Å². The van der Waals surface area contributed by atoms with Crippen molar-refractivity contribution in [3.05, 3.63) is 137 Å². The van der Waals surface area contributed by atoms with Crippen LogP contribution in [-0.2, 0) is 29.2 Å². The van der Waals surface area contributed by atoms with Gasteiger partial charge in [0.2, 0.25) is 0 Å². The standard InChI is InChI=1S/C34H36N2O5/c1-25(33(38)29-16-18-31(19-17-29)40-23-27-8-4-2-5-9-27)35-21-20-26-12-14-30(15-13-26)34(39)36-22-32(37)41-24-28-10-6-3-7-11-28/h2-19,25,33,35,38H,20-24H2,1H3,(H,36,39)/t25-,33-/m0/s1. The fourth-order valence-corrected chi connectivity index (χ4v) is 4.21. The molecule has 0 saturated heterocycles. The summed E-state index contributed by atoms with van der Waals surface area (Å²) in [6.45, 7) is 3.08. The fraction of sp³-hybridized carbons (Fsp3) is 0.235. The van der Waals surface area contributed by atoms with Gasteiger partial charge in [-0.25, -0.2) is 0 Å². The van der Waals surface area contributed by atoms with Crippen molar-refractivity contribution in [2.45, 2.75) is 38.7 Å². The number of esters is 1. The molecule has 212 valence electrons. The summed E-state index contributed by atoms with van der Waals surface area (Å²) in [7, 11) is 0. The topological polar surface area (TPSA) is 96.9 Å². The molecular weight excluding hydrogens is 516 g/mol. The predicted octanol–water partition coefficient (Wildman–Crippen LogP) is 4.99. The molecule has 0 bridgehead atoms. The van der Waals surface area contributed by atoms with Crippen LogP contribution in [0.15, 0.2) is 109 Å². The van der Waals surface area contributed by atoms with Crippen LogP contribution in [0.3, 0.4) is 0 Å². The third-order valence-corrected chi connectivity index (χ3v) is 6.68. The second kappa shape index (κ2) is 15.4. The molecule has 3 N–H and O–H groups in total. The molecule has 4 rings (SSSR count). The number of carbonyl (C=O) groups excluding carboxylic acids is 2. The zero-order chi connectivity index (χ0) is 28.9. The van der Waals surface area contributed by atoms with Gasteiger partial charge in [0, 0.05) is 11.6 Å². The molecule has 7 heteroatoms. The van der Waals surface area contributed by atoms with E-state index in [9.17, 15) is 14.7 Å².